The van der Waals surface area contributed by atoms with Crippen LogP contribution in [0.1, 0.15) is 5.56 Å². The zero-order chi connectivity index (χ0) is 16.2. The molecule has 1 atom stereocenters. The van der Waals surface area contributed by atoms with Gasteiger partial charge in [-0.2, -0.15) is 0 Å². The molecule has 23 heavy (non-hydrogen) atoms. The van der Waals surface area contributed by atoms with Gasteiger partial charge < -0.3 is 15.0 Å². The summed E-state index contributed by atoms with van der Waals surface area (Å²) in [6.07, 6.45) is 1.54. The first-order valence-electron chi connectivity index (χ1n) is 7.50. The highest BCUT2D eigenvalue weighted by molar-refractivity contribution is 6.42. The minimum atomic E-state index is -0.464. The number of aliphatic hydroxyl groups excluding tert-OH is 1. The molecule has 0 radical (unpaired) electrons. The first kappa shape index (κ1) is 16.3. The molecule has 3 rings (SSSR count). The third-order valence-corrected chi connectivity index (χ3v) is 4.52. The molecular weight excluding hydrogens is 331 g/mol. The van der Waals surface area contributed by atoms with Crippen LogP contribution in [-0.2, 0) is 13.1 Å². The lowest BCUT2D eigenvalue weighted by atomic mass is 10.2. The second-order valence-electron chi connectivity index (χ2n) is 5.56. The van der Waals surface area contributed by atoms with E-state index in [1.54, 1.807) is 6.07 Å². The summed E-state index contributed by atoms with van der Waals surface area (Å²) in [6, 6.07) is 15.8. The topological polar surface area (TPSA) is 37.2 Å². The van der Waals surface area contributed by atoms with E-state index in [1.807, 2.05) is 30.5 Å². The number of fused-ring (bicyclic) bond motifs is 1. The molecule has 3 nitrogen and oxygen atoms in total. The second-order valence-corrected chi connectivity index (χ2v) is 6.37. The highest BCUT2D eigenvalue weighted by Crippen LogP contribution is 2.22. The standard InChI is InChI=1S/C18H18Cl2N2O/c19-16-6-5-13(9-17(16)20)10-21-11-15(23)12-22-8-7-14-3-1-2-4-18(14)22/h1-9,15,21,23H,10-12H2. The van der Waals surface area contributed by atoms with E-state index < -0.39 is 6.10 Å². The van der Waals surface area contributed by atoms with Gasteiger partial charge in [0.05, 0.1) is 16.1 Å². The van der Waals surface area contributed by atoms with E-state index in [2.05, 4.69) is 28.1 Å². The molecule has 1 unspecified atom stereocenters. The maximum Gasteiger partial charge on any atom is 0.0843 e. The number of nitrogens with zero attached hydrogens (tertiary/aromatic N) is 1. The zero-order valence-corrected chi connectivity index (χ0v) is 14.1. The number of halogens is 2. The molecule has 0 aliphatic carbocycles. The predicted octanol–water partition coefficient (Wildman–Crippen LogP) is 4.10. The van der Waals surface area contributed by atoms with Crippen molar-refractivity contribution in [3.8, 4) is 0 Å². The number of benzene rings is 2. The van der Waals surface area contributed by atoms with E-state index in [-0.39, 0.29) is 0 Å². The lowest BCUT2D eigenvalue weighted by Gasteiger charge is -2.14. The SMILES string of the molecule is OC(CNCc1ccc(Cl)c(Cl)c1)Cn1ccc2ccccc21. The molecule has 0 fully saturated rings. The van der Waals surface area contributed by atoms with Gasteiger partial charge in [0, 0.05) is 31.3 Å². The van der Waals surface area contributed by atoms with E-state index in [0.29, 0.717) is 29.7 Å². The van der Waals surface area contributed by atoms with Crippen LogP contribution in [0.2, 0.25) is 10.0 Å². The van der Waals surface area contributed by atoms with Gasteiger partial charge in [-0.15, -0.1) is 0 Å². The number of hydrogen-bond donors (Lipinski definition) is 2. The highest BCUT2D eigenvalue weighted by atomic mass is 35.5. The molecule has 1 heterocycles. The lowest BCUT2D eigenvalue weighted by Crippen LogP contribution is -2.29. The molecule has 0 aliphatic rings. The molecule has 0 aliphatic heterocycles. The largest absolute Gasteiger partial charge is 0.390 e. The first-order valence-corrected chi connectivity index (χ1v) is 8.25. The van der Waals surface area contributed by atoms with Crippen molar-refractivity contribution in [1.82, 2.24) is 9.88 Å². The summed E-state index contributed by atoms with van der Waals surface area (Å²) in [5.41, 5.74) is 2.18. The van der Waals surface area contributed by atoms with Crippen molar-refractivity contribution in [3.63, 3.8) is 0 Å². The Labute approximate surface area is 145 Å². The normalized spacial score (nSPS) is 12.7. The molecule has 0 bridgehead atoms. The van der Waals surface area contributed by atoms with Crippen LogP contribution >= 0.6 is 23.2 Å². The van der Waals surface area contributed by atoms with Crippen molar-refractivity contribution >= 4 is 34.1 Å². The van der Waals surface area contributed by atoms with Gasteiger partial charge in [0.1, 0.15) is 0 Å². The maximum atomic E-state index is 10.2. The van der Waals surface area contributed by atoms with Gasteiger partial charge in [-0.3, -0.25) is 0 Å². The van der Waals surface area contributed by atoms with Crippen LogP contribution in [0.25, 0.3) is 10.9 Å². The van der Waals surface area contributed by atoms with E-state index in [9.17, 15) is 5.11 Å². The van der Waals surface area contributed by atoms with Crippen molar-refractivity contribution in [2.45, 2.75) is 19.2 Å². The Kier molecular flexibility index (Phi) is 5.23. The van der Waals surface area contributed by atoms with Crippen LogP contribution in [0, 0.1) is 0 Å². The summed E-state index contributed by atoms with van der Waals surface area (Å²) >= 11 is 11.9. The average Bonchev–Trinajstić information content (AvgIpc) is 2.94. The van der Waals surface area contributed by atoms with Gasteiger partial charge in [-0.05, 0) is 35.2 Å². The molecule has 0 saturated carbocycles. The predicted molar refractivity (Wildman–Crippen MR) is 96.1 cm³/mol. The average molecular weight is 349 g/mol. The lowest BCUT2D eigenvalue weighted by molar-refractivity contribution is 0.152. The Hall–Kier alpha value is -1.52. The van der Waals surface area contributed by atoms with Crippen molar-refractivity contribution in [2.24, 2.45) is 0 Å². The smallest absolute Gasteiger partial charge is 0.0843 e. The fourth-order valence-electron chi connectivity index (χ4n) is 2.62. The van der Waals surface area contributed by atoms with Gasteiger partial charge in [-0.25, -0.2) is 0 Å². The van der Waals surface area contributed by atoms with E-state index >= 15 is 0 Å². The summed E-state index contributed by atoms with van der Waals surface area (Å²) < 4.78 is 2.07. The number of rotatable bonds is 6. The fourth-order valence-corrected chi connectivity index (χ4v) is 2.94. The van der Waals surface area contributed by atoms with Crippen LogP contribution in [0.5, 0.6) is 0 Å². The summed E-state index contributed by atoms with van der Waals surface area (Å²) in [7, 11) is 0. The third kappa shape index (κ3) is 4.06. The Morgan fingerprint density at radius 1 is 1.04 bits per heavy atom. The van der Waals surface area contributed by atoms with Crippen LogP contribution in [0.15, 0.2) is 54.7 Å². The zero-order valence-electron chi connectivity index (χ0n) is 12.5. The molecule has 5 heteroatoms. The van der Waals surface area contributed by atoms with Gasteiger partial charge in [0.25, 0.3) is 0 Å². The Bertz CT molecular complexity index is 801. The van der Waals surface area contributed by atoms with Crippen molar-refractivity contribution < 1.29 is 5.11 Å². The summed E-state index contributed by atoms with van der Waals surface area (Å²) in [5, 5.41) is 15.8. The molecule has 1 aromatic heterocycles. The molecule has 0 saturated heterocycles. The monoisotopic (exact) mass is 348 g/mol. The number of para-hydroxylation sites is 1. The fraction of sp³-hybridized carbons (Fsp3) is 0.222. The van der Waals surface area contributed by atoms with Gasteiger partial charge in [0.15, 0.2) is 0 Å². The molecular formula is C18H18Cl2N2O. The Morgan fingerprint density at radius 3 is 2.70 bits per heavy atom. The van der Waals surface area contributed by atoms with E-state index in [0.717, 1.165) is 11.1 Å². The van der Waals surface area contributed by atoms with Crippen molar-refractivity contribution in [3.05, 3.63) is 70.3 Å². The van der Waals surface area contributed by atoms with Gasteiger partial charge in [0.2, 0.25) is 0 Å². The molecule has 120 valence electrons. The van der Waals surface area contributed by atoms with Gasteiger partial charge in [-0.1, -0.05) is 47.5 Å². The molecule has 0 spiro atoms. The number of aliphatic hydroxyl groups is 1. The highest BCUT2D eigenvalue weighted by Gasteiger charge is 2.07. The molecule has 3 aromatic rings. The second kappa shape index (κ2) is 7.37. The Balaban J connectivity index is 1.53. The van der Waals surface area contributed by atoms with Crippen molar-refractivity contribution in [1.29, 1.82) is 0 Å². The minimum Gasteiger partial charge on any atom is -0.390 e. The molecule has 2 N–H and O–H groups in total. The molecule has 2 aromatic carbocycles. The molecule has 0 amide bonds. The van der Waals surface area contributed by atoms with Gasteiger partial charge >= 0.3 is 0 Å². The van der Waals surface area contributed by atoms with Crippen LogP contribution in [-0.4, -0.2) is 22.3 Å². The minimum absolute atomic E-state index is 0.464. The number of hydrogen-bond acceptors (Lipinski definition) is 2. The van der Waals surface area contributed by atoms with Crippen LogP contribution < -0.4 is 5.32 Å². The quantitative estimate of drug-likeness (QED) is 0.703. The summed E-state index contributed by atoms with van der Waals surface area (Å²) in [5.74, 6) is 0. The Morgan fingerprint density at radius 2 is 1.87 bits per heavy atom. The maximum absolute atomic E-state index is 10.2. The summed E-state index contributed by atoms with van der Waals surface area (Å²) in [6.45, 7) is 1.70. The van der Waals surface area contributed by atoms with Crippen LogP contribution in [0.3, 0.4) is 0 Å². The van der Waals surface area contributed by atoms with E-state index in [4.69, 9.17) is 23.2 Å². The number of aromatic nitrogens is 1. The van der Waals surface area contributed by atoms with Crippen molar-refractivity contribution in [2.75, 3.05) is 6.54 Å². The summed E-state index contributed by atoms with van der Waals surface area (Å²) in [4.78, 5) is 0. The van der Waals surface area contributed by atoms with Crippen LogP contribution in [0.4, 0.5) is 0 Å². The van der Waals surface area contributed by atoms with E-state index in [1.165, 1.54) is 5.39 Å². The third-order valence-electron chi connectivity index (χ3n) is 3.78. The number of nitrogens with one attached hydrogen (secondary N) is 1. The first-order chi connectivity index (χ1) is 11.1.